The smallest absolute Gasteiger partial charge is 0.325 e. The number of aryl methyl sites for hydroxylation is 1. The molecule has 0 spiro atoms. The number of rotatable bonds is 5. The van der Waals surface area contributed by atoms with Gasteiger partial charge in [-0.15, -0.1) is 0 Å². The van der Waals surface area contributed by atoms with Crippen molar-refractivity contribution in [3.8, 4) is 11.5 Å². The maximum Gasteiger partial charge on any atom is 0.325 e. The number of hydrogen-bond acceptors (Lipinski definition) is 6. The molecule has 33 heavy (non-hydrogen) atoms. The van der Waals surface area contributed by atoms with Crippen LogP contribution in [0.1, 0.15) is 30.9 Å². The number of ether oxygens (including phenoxy) is 2. The van der Waals surface area contributed by atoms with Crippen molar-refractivity contribution < 1.29 is 23.9 Å². The third kappa shape index (κ3) is 3.73. The lowest BCUT2D eigenvalue weighted by Crippen LogP contribution is -2.42. The van der Waals surface area contributed by atoms with Gasteiger partial charge in [0.05, 0.1) is 0 Å². The molecule has 3 heterocycles. The molecule has 0 aliphatic carbocycles. The highest BCUT2D eigenvalue weighted by molar-refractivity contribution is 6.10. The van der Waals surface area contributed by atoms with E-state index >= 15 is 0 Å². The zero-order chi connectivity index (χ0) is 23.2. The van der Waals surface area contributed by atoms with Crippen molar-refractivity contribution >= 4 is 29.2 Å². The minimum Gasteiger partial charge on any atom is -0.454 e. The Hall–Kier alpha value is -3.75. The van der Waals surface area contributed by atoms with E-state index in [0.29, 0.717) is 22.7 Å². The van der Waals surface area contributed by atoms with Crippen molar-refractivity contribution in [1.82, 2.24) is 10.2 Å². The number of imide groups is 1. The molecule has 9 nitrogen and oxygen atoms in total. The average Bonchev–Trinajstić information content (AvgIpc) is 3.53. The first-order valence-electron chi connectivity index (χ1n) is 11.0. The Morgan fingerprint density at radius 1 is 1.09 bits per heavy atom. The molecule has 172 valence electrons. The molecule has 1 atom stereocenters. The Kier molecular flexibility index (Phi) is 5.11. The summed E-state index contributed by atoms with van der Waals surface area (Å²) < 4.78 is 10.7. The highest BCUT2D eigenvalue weighted by Gasteiger charge is 2.49. The SMILES string of the molecule is Cc1cc(N2CCCC2)ccc1NC(=O)CN1C(=O)NC(C)(c2ccc3c(c2)OCO3)C1=O. The molecule has 0 saturated carbocycles. The van der Waals surface area contributed by atoms with Crippen molar-refractivity contribution in [2.75, 3.05) is 36.6 Å². The predicted octanol–water partition coefficient (Wildman–Crippen LogP) is 2.73. The fourth-order valence-corrected chi connectivity index (χ4v) is 4.54. The minimum atomic E-state index is -1.30. The van der Waals surface area contributed by atoms with Crippen LogP contribution in [-0.2, 0) is 15.1 Å². The molecule has 1 unspecified atom stereocenters. The van der Waals surface area contributed by atoms with E-state index in [1.807, 2.05) is 25.1 Å². The molecule has 2 aromatic carbocycles. The number of anilines is 2. The van der Waals surface area contributed by atoms with Crippen LogP contribution < -0.4 is 25.0 Å². The van der Waals surface area contributed by atoms with Gasteiger partial charge in [0, 0.05) is 24.5 Å². The van der Waals surface area contributed by atoms with Crippen molar-refractivity contribution in [2.24, 2.45) is 0 Å². The fraction of sp³-hybridized carbons (Fsp3) is 0.375. The van der Waals surface area contributed by atoms with Gasteiger partial charge in [-0.25, -0.2) is 4.79 Å². The van der Waals surface area contributed by atoms with Crippen LogP contribution in [0.3, 0.4) is 0 Å². The number of carbonyl (C=O) groups is 3. The van der Waals surface area contributed by atoms with E-state index in [4.69, 9.17) is 9.47 Å². The maximum absolute atomic E-state index is 13.2. The molecule has 0 aromatic heterocycles. The Morgan fingerprint density at radius 3 is 2.61 bits per heavy atom. The molecule has 4 amide bonds. The van der Waals surface area contributed by atoms with E-state index in [1.165, 1.54) is 12.8 Å². The molecule has 3 aliphatic rings. The Balaban J connectivity index is 1.28. The predicted molar refractivity (Wildman–Crippen MR) is 121 cm³/mol. The topological polar surface area (TPSA) is 100 Å². The highest BCUT2D eigenvalue weighted by Crippen LogP contribution is 2.37. The monoisotopic (exact) mass is 450 g/mol. The summed E-state index contributed by atoms with van der Waals surface area (Å²) in [7, 11) is 0. The fourth-order valence-electron chi connectivity index (χ4n) is 4.54. The quantitative estimate of drug-likeness (QED) is 0.680. The van der Waals surface area contributed by atoms with E-state index in [0.717, 1.165) is 29.2 Å². The van der Waals surface area contributed by atoms with E-state index in [-0.39, 0.29) is 13.3 Å². The third-order valence-corrected chi connectivity index (χ3v) is 6.48. The summed E-state index contributed by atoms with van der Waals surface area (Å²) in [6.45, 7) is 5.36. The number of hydrogen-bond donors (Lipinski definition) is 2. The van der Waals surface area contributed by atoms with Crippen molar-refractivity contribution in [3.63, 3.8) is 0 Å². The van der Waals surface area contributed by atoms with E-state index in [1.54, 1.807) is 25.1 Å². The largest absolute Gasteiger partial charge is 0.454 e. The summed E-state index contributed by atoms with van der Waals surface area (Å²) in [5.74, 6) is 0.161. The first kappa shape index (κ1) is 21.1. The van der Waals surface area contributed by atoms with Crippen LogP contribution in [0.4, 0.5) is 16.2 Å². The number of amides is 4. The normalized spacial score (nSPS) is 21.5. The van der Waals surface area contributed by atoms with Gasteiger partial charge in [0.25, 0.3) is 5.91 Å². The second-order valence-corrected chi connectivity index (χ2v) is 8.76. The molecular formula is C24H26N4O5. The summed E-state index contributed by atoms with van der Waals surface area (Å²) in [5.41, 5.74) is 1.98. The lowest BCUT2D eigenvalue weighted by Gasteiger charge is -2.22. The summed E-state index contributed by atoms with van der Waals surface area (Å²) in [4.78, 5) is 41.8. The summed E-state index contributed by atoms with van der Waals surface area (Å²) >= 11 is 0. The second kappa shape index (κ2) is 7.99. The van der Waals surface area contributed by atoms with Crippen LogP contribution in [0.2, 0.25) is 0 Å². The van der Waals surface area contributed by atoms with E-state index in [2.05, 4.69) is 15.5 Å². The van der Waals surface area contributed by atoms with Gasteiger partial charge >= 0.3 is 6.03 Å². The molecule has 2 fully saturated rings. The van der Waals surface area contributed by atoms with Crippen LogP contribution in [0.25, 0.3) is 0 Å². The number of nitrogens with one attached hydrogen (secondary N) is 2. The van der Waals surface area contributed by atoms with Gasteiger partial charge in [-0.2, -0.15) is 0 Å². The van der Waals surface area contributed by atoms with Crippen LogP contribution in [-0.4, -0.2) is 49.2 Å². The van der Waals surface area contributed by atoms with Gasteiger partial charge in [-0.05, 0) is 68.1 Å². The molecule has 5 rings (SSSR count). The molecular weight excluding hydrogens is 424 g/mol. The lowest BCUT2D eigenvalue weighted by molar-refractivity contribution is -0.133. The Bertz CT molecular complexity index is 1140. The van der Waals surface area contributed by atoms with Crippen molar-refractivity contribution in [1.29, 1.82) is 0 Å². The molecule has 3 aliphatic heterocycles. The number of benzene rings is 2. The number of nitrogens with zero attached hydrogens (tertiary/aromatic N) is 2. The number of carbonyl (C=O) groups excluding carboxylic acids is 3. The van der Waals surface area contributed by atoms with Gasteiger partial charge < -0.3 is 25.0 Å². The van der Waals surface area contributed by atoms with Crippen LogP contribution in [0, 0.1) is 6.92 Å². The first-order chi connectivity index (χ1) is 15.8. The summed E-state index contributed by atoms with van der Waals surface area (Å²) in [6, 6.07) is 10.4. The van der Waals surface area contributed by atoms with Crippen molar-refractivity contribution in [2.45, 2.75) is 32.2 Å². The van der Waals surface area contributed by atoms with Crippen LogP contribution >= 0.6 is 0 Å². The molecule has 2 saturated heterocycles. The lowest BCUT2D eigenvalue weighted by atomic mass is 9.91. The number of urea groups is 1. The Morgan fingerprint density at radius 2 is 1.85 bits per heavy atom. The molecule has 2 aromatic rings. The Labute approximate surface area is 191 Å². The molecule has 9 heteroatoms. The molecule has 0 radical (unpaired) electrons. The standard InChI is InChI=1S/C24H26N4O5/c1-15-11-17(27-9-3-4-10-27)6-7-18(15)25-21(29)13-28-22(30)24(2,26-23(28)31)16-5-8-19-20(12-16)33-14-32-19/h5-8,11-12H,3-4,9-10,13-14H2,1-2H3,(H,25,29)(H,26,31). The summed E-state index contributed by atoms with van der Waals surface area (Å²) in [5, 5.41) is 5.54. The van der Waals surface area contributed by atoms with Crippen LogP contribution in [0.15, 0.2) is 36.4 Å². The third-order valence-electron chi connectivity index (χ3n) is 6.48. The number of fused-ring (bicyclic) bond motifs is 1. The zero-order valence-electron chi connectivity index (χ0n) is 18.6. The average molecular weight is 450 g/mol. The van der Waals surface area contributed by atoms with Gasteiger partial charge in [0.2, 0.25) is 12.7 Å². The van der Waals surface area contributed by atoms with Gasteiger partial charge in [-0.3, -0.25) is 14.5 Å². The zero-order valence-corrected chi connectivity index (χ0v) is 18.6. The van der Waals surface area contributed by atoms with Gasteiger partial charge in [0.15, 0.2) is 11.5 Å². The molecule has 2 N–H and O–H groups in total. The molecule has 0 bridgehead atoms. The van der Waals surface area contributed by atoms with Gasteiger partial charge in [-0.1, -0.05) is 6.07 Å². The van der Waals surface area contributed by atoms with E-state index in [9.17, 15) is 14.4 Å². The van der Waals surface area contributed by atoms with Crippen LogP contribution in [0.5, 0.6) is 11.5 Å². The highest BCUT2D eigenvalue weighted by atomic mass is 16.7. The summed E-state index contributed by atoms with van der Waals surface area (Å²) in [6.07, 6.45) is 2.38. The van der Waals surface area contributed by atoms with Gasteiger partial charge in [0.1, 0.15) is 12.1 Å². The maximum atomic E-state index is 13.2. The minimum absolute atomic E-state index is 0.112. The second-order valence-electron chi connectivity index (χ2n) is 8.76. The van der Waals surface area contributed by atoms with E-state index < -0.39 is 23.4 Å². The first-order valence-corrected chi connectivity index (χ1v) is 11.0. The van der Waals surface area contributed by atoms with Crippen molar-refractivity contribution in [3.05, 3.63) is 47.5 Å².